The van der Waals surface area contributed by atoms with Gasteiger partial charge in [-0.15, -0.1) is 0 Å². The molecule has 0 N–H and O–H groups in total. The first-order valence-electron chi connectivity index (χ1n) is 7.42. The van der Waals surface area contributed by atoms with Crippen LogP contribution in [0.15, 0.2) is 0 Å². The van der Waals surface area contributed by atoms with Crippen LogP contribution in [0, 0.1) is 53.3 Å². The smallest absolute Gasteiger partial charge is 0.309 e. The van der Waals surface area contributed by atoms with Gasteiger partial charge in [0.15, 0.2) is 0 Å². The largest absolute Gasteiger partial charge is 0.465 e. The second-order valence-corrected chi connectivity index (χ2v) is 7.41. The minimum atomic E-state index is 0.150. The maximum Gasteiger partial charge on any atom is 0.309 e. The van der Waals surface area contributed by atoms with Gasteiger partial charge in [-0.3, -0.25) is 4.79 Å². The summed E-state index contributed by atoms with van der Waals surface area (Å²) in [5.74, 6) is 7.44. The Labute approximate surface area is 102 Å². The first kappa shape index (κ1) is 9.41. The maximum absolute atomic E-state index is 11.9. The van der Waals surface area contributed by atoms with E-state index >= 15 is 0 Å². The predicted molar refractivity (Wildman–Crippen MR) is 61.9 cm³/mol. The Balaban J connectivity index is 1.57. The van der Waals surface area contributed by atoms with Crippen molar-refractivity contribution in [2.24, 2.45) is 53.3 Å². The summed E-state index contributed by atoms with van der Waals surface area (Å²) in [4.78, 5) is 11.9. The fraction of sp³-hybridized carbons (Fsp3) is 0.933. The molecule has 1 heterocycles. The first-order valence-corrected chi connectivity index (χ1v) is 7.42. The van der Waals surface area contributed by atoms with Crippen LogP contribution in [0.1, 0.15) is 26.2 Å². The molecule has 2 heteroatoms. The molecule has 17 heavy (non-hydrogen) atoms. The molecule has 0 spiro atoms. The van der Waals surface area contributed by atoms with Crippen molar-refractivity contribution in [2.45, 2.75) is 26.2 Å². The summed E-state index contributed by atoms with van der Waals surface area (Å²) >= 11 is 0. The topological polar surface area (TPSA) is 26.3 Å². The summed E-state index contributed by atoms with van der Waals surface area (Å²) in [5, 5.41) is 0. The lowest BCUT2D eigenvalue weighted by Crippen LogP contribution is -2.40. The molecule has 1 aliphatic heterocycles. The van der Waals surface area contributed by atoms with Gasteiger partial charge in [0.2, 0.25) is 0 Å². The van der Waals surface area contributed by atoms with Crippen LogP contribution in [0.4, 0.5) is 0 Å². The van der Waals surface area contributed by atoms with Gasteiger partial charge in [-0.05, 0) is 60.7 Å². The number of hydrogen-bond donors (Lipinski definition) is 0. The highest BCUT2D eigenvalue weighted by Gasteiger charge is 2.69. The van der Waals surface area contributed by atoms with Crippen LogP contribution in [0.3, 0.4) is 0 Å². The Morgan fingerprint density at radius 3 is 2.76 bits per heavy atom. The molecular weight excluding hydrogens is 212 g/mol. The summed E-state index contributed by atoms with van der Waals surface area (Å²) in [6.45, 7) is 3.21. The van der Waals surface area contributed by atoms with Gasteiger partial charge < -0.3 is 4.74 Å². The van der Waals surface area contributed by atoms with Crippen molar-refractivity contribution >= 4 is 5.97 Å². The van der Waals surface area contributed by atoms with Gasteiger partial charge in [0, 0.05) is 5.92 Å². The van der Waals surface area contributed by atoms with Gasteiger partial charge in [0.1, 0.15) is 0 Å². The molecule has 0 amide bonds. The van der Waals surface area contributed by atoms with E-state index in [1.165, 1.54) is 19.3 Å². The molecule has 5 rings (SSSR count). The molecule has 5 aliphatic rings. The zero-order valence-corrected chi connectivity index (χ0v) is 10.3. The Morgan fingerprint density at radius 2 is 1.88 bits per heavy atom. The molecule has 0 radical (unpaired) electrons. The van der Waals surface area contributed by atoms with Crippen LogP contribution in [-0.2, 0) is 9.53 Å². The average molecular weight is 232 g/mol. The zero-order chi connectivity index (χ0) is 11.3. The SMILES string of the molecule is CC1CC2CC1C1C2C2C[C@H]1C1COC(=O)C21. The highest BCUT2D eigenvalue weighted by atomic mass is 16.5. The zero-order valence-electron chi connectivity index (χ0n) is 10.3. The molecule has 0 aromatic heterocycles. The van der Waals surface area contributed by atoms with Crippen molar-refractivity contribution < 1.29 is 9.53 Å². The lowest BCUT2D eigenvalue weighted by molar-refractivity contribution is -0.143. The van der Waals surface area contributed by atoms with Gasteiger partial charge in [0.05, 0.1) is 12.5 Å². The minimum Gasteiger partial charge on any atom is -0.465 e. The Bertz CT molecular complexity index is 404. The molecule has 5 fully saturated rings. The van der Waals surface area contributed by atoms with Crippen molar-refractivity contribution in [1.82, 2.24) is 0 Å². The summed E-state index contributed by atoms with van der Waals surface area (Å²) in [7, 11) is 0. The highest BCUT2D eigenvalue weighted by molar-refractivity contribution is 5.76. The Morgan fingerprint density at radius 1 is 1.00 bits per heavy atom. The van der Waals surface area contributed by atoms with E-state index in [1.54, 1.807) is 0 Å². The lowest BCUT2D eigenvalue weighted by atomic mass is 9.62. The third-order valence-electron chi connectivity index (χ3n) is 7.16. The molecule has 92 valence electrons. The van der Waals surface area contributed by atoms with Crippen LogP contribution in [0.2, 0.25) is 0 Å². The Hall–Kier alpha value is -0.530. The number of hydrogen-bond acceptors (Lipinski definition) is 2. The quantitative estimate of drug-likeness (QED) is 0.473. The summed E-state index contributed by atoms with van der Waals surface area (Å²) in [6.07, 6.45) is 4.29. The van der Waals surface area contributed by atoms with Gasteiger partial charge in [-0.1, -0.05) is 6.92 Å². The highest BCUT2D eigenvalue weighted by Crippen LogP contribution is 2.72. The van der Waals surface area contributed by atoms with Crippen LogP contribution < -0.4 is 0 Å². The number of ether oxygens (including phenoxy) is 1. The second-order valence-electron chi connectivity index (χ2n) is 7.41. The van der Waals surface area contributed by atoms with Gasteiger partial charge in [0.25, 0.3) is 0 Å². The van der Waals surface area contributed by atoms with E-state index in [9.17, 15) is 4.79 Å². The summed E-state index contributed by atoms with van der Waals surface area (Å²) in [5.41, 5.74) is 0. The molecule has 8 unspecified atom stereocenters. The molecule has 4 bridgehead atoms. The molecule has 4 saturated carbocycles. The van der Waals surface area contributed by atoms with E-state index in [1.807, 2.05) is 0 Å². The average Bonchev–Trinajstić information content (AvgIpc) is 2.99. The van der Waals surface area contributed by atoms with E-state index in [2.05, 4.69) is 6.92 Å². The monoisotopic (exact) mass is 232 g/mol. The van der Waals surface area contributed by atoms with Crippen molar-refractivity contribution in [3.63, 3.8) is 0 Å². The fourth-order valence-electron chi connectivity index (χ4n) is 6.93. The third kappa shape index (κ3) is 0.880. The molecular formula is C15H20O2. The number of carbonyl (C=O) groups is 1. The number of fused-ring (bicyclic) bond motifs is 12. The summed E-state index contributed by atoms with van der Waals surface area (Å²) < 4.78 is 5.34. The molecule has 0 aromatic carbocycles. The van der Waals surface area contributed by atoms with E-state index < -0.39 is 0 Å². The second kappa shape index (κ2) is 2.73. The normalized spacial score (nSPS) is 66.2. The van der Waals surface area contributed by atoms with Crippen LogP contribution in [-0.4, -0.2) is 12.6 Å². The van der Waals surface area contributed by atoms with Crippen LogP contribution in [0.25, 0.3) is 0 Å². The number of esters is 1. The van der Waals surface area contributed by atoms with E-state index in [0.717, 1.165) is 42.1 Å². The first-order chi connectivity index (χ1) is 8.25. The van der Waals surface area contributed by atoms with Gasteiger partial charge >= 0.3 is 5.97 Å². The lowest BCUT2D eigenvalue weighted by Gasteiger charge is -2.41. The van der Waals surface area contributed by atoms with Crippen LogP contribution in [0.5, 0.6) is 0 Å². The van der Waals surface area contributed by atoms with Gasteiger partial charge in [-0.2, -0.15) is 0 Å². The van der Waals surface area contributed by atoms with E-state index in [0.29, 0.717) is 17.8 Å². The third-order valence-corrected chi connectivity index (χ3v) is 7.16. The van der Waals surface area contributed by atoms with Crippen LogP contribution >= 0.6 is 0 Å². The molecule has 1 saturated heterocycles. The molecule has 4 aliphatic carbocycles. The van der Waals surface area contributed by atoms with Crippen molar-refractivity contribution in [2.75, 3.05) is 6.61 Å². The maximum atomic E-state index is 11.9. The van der Waals surface area contributed by atoms with E-state index in [-0.39, 0.29) is 5.97 Å². The van der Waals surface area contributed by atoms with E-state index in [4.69, 9.17) is 4.74 Å². The van der Waals surface area contributed by atoms with Gasteiger partial charge in [-0.25, -0.2) is 0 Å². The molecule has 9 atom stereocenters. The number of carbonyl (C=O) groups excluding carboxylic acids is 1. The van der Waals surface area contributed by atoms with Crippen molar-refractivity contribution in [3.05, 3.63) is 0 Å². The summed E-state index contributed by atoms with van der Waals surface area (Å²) in [6, 6.07) is 0. The number of cyclic esters (lactones) is 1. The molecule has 0 aromatic rings. The molecule has 2 nitrogen and oxygen atoms in total. The predicted octanol–water partition coefficient (Wildman–Crippen LogP) is 2.33. The number of rotatable bonds is 0. The fourth-order valence-corrected chi connectivity index (χ4v) is 6.93. The standard InChI is InChI=1S/C15H20O2/c1-6-2-7-3-8(6)13-9-4-10(12(7)13)14-11(9)5-17-15(14)16/h6-14H,2-5H2,1H3/t6?,7?,8?,9-,10?,11?,12?,13?,14?/m0/s1. The Kier molecular flexibility index (Phi) is 1.51. The minimum absolute atomic E-state index is 0.150. The van der Waals surface area contributed by atoms with Crippen molar-refractivity contribution in [3.8, 4) is 0 Å². The van der Waals surface area contributed by atoms with Crippen molar-refractivity contribution in [1.29, 1.82) is 0 Å².